The number of hydrogen-bond donors (Lipinski definition) is 2. The van der Waals surface area contributed by atoms with Crippen molar-refractivity contribution in [1.82, 2.24) is 5.43 Å². The van der Waals surface area contributed by atoms with Crippen molar-refractivity contribution in [1.29, 1.82) is 0 Å². The highest BCUT2D eigenvalue weighted by molar-refractivity contribution is 7.99. The Morgan fingerprint density at radius 1 is 1.14 bits per heavy atom. The van der Waals surface area contributed by atoms with Gasteiger partial charge in [0.25, 0.3) is 0 Å². The molecule has 0 aliphatic heterocycles. The molecule has 1 aliphatic rings. The van der Waals surface area contributed by atoms with E-state index in [0.717, 1.165) is 5.75 Å². The van der Waals surface area contributed by atoms with Crippen LogP contribution in [-0.2, 0) is 0 Å². The molecular weight excluding hydrogens is 276 g/mol. The largest absolute Gasteiger partial charge is 0.271 e. The lowest BCUT2D eigenvalue weighted by molar-refractivity contribution is 0.487. The molecule has 3 rings (SSSR count). The summed E-state index contributed by atoms with van der Waals surface area (Å²) in [6.45, 7) is 2.18. The molecule has 2 aromatic rings. The van der Waals surface area contributed by atoms with Crippen LogP contribution in [0.4, 0.5) is 0 Å². The molecule has 3 heteroatoms. The zero-order valence-corrected chi connectivity index (χ0v) is 13.1. The molecule has 0 spiro atoms. The van der Waals surface area contributed by atoms with Gasteiger partial charge in [0, 0.05) is 10.9 Å². The molecule has 21 heavy (non-hydrogen) atoms. The Hall–Kier alpha value is -1.29. The minimum absolute atomic E-state index is 0.246. The van der Waals surface area contributed by atoms with Crippen LogP contribution in [0.1, 0.15) is 36.4 Å². The molecule has 0 heterocycles. The highest BCUT2D eigenvalue weighted by Gasteiger charge is 2.43. The Kier molecular flexibility index (Phi) is 4.63. The third-order valence-corrected chi connectivity index (χ3v) is 5.12. The highest BCUT2D eigenvalue weighted by atomic mass is 32.2. The van der Waals surface area contributed by atoms with Gasteiger partial charge in [-0.3, -0.25) is 11.3 Å². The van der Waals surface area contributed by atoms with Crippen LogP contribution >= 0.6 is 11.8 Å². The van der Waals surface area contributed by atoms with Crippen LogP contribution in [0.5, 0.6) is 0 Å². The SMILES string of the molecule is CCSc1ccc(C(NN)C2CC2c2ccccc2)cc1. The minimum atomic E-state index is 0.246. The van der Waals surface area contributed by atoms with E-state index in [1.807, 2.05) is 11.8 Å². The van der Waals surface area contributed by atoms with Gasteiger partial charge in [0.15, 0.2) is 0 Å². The number of thioether (sulfide) groups is 1. The summed E-state index contributed by atoms with van der Waals surface area (Å²) in [6, 6.07) is 19.8. The van der Waals surface area contributed by atoms with E-state index in [4.69, 9.17) is 5.84 Å². The van der Waals surface area contributed by atoms with Gasteiger partial charge in [0.1, 0.15) is 0 Å². The van der Waals surface area contributed by atoms with Gasteiger partial charge in [-0.25, -0.2) is 0 Å². The first-order valence-electron chi connectivity index (χ1n) is 7.57. The summed E-state index contributed by atoms with van der Waals surface area (Å²) in [5.74, 6) is 8.17. The highest BCUT2D eigenvalue weighted by Crippen LogP contribution is 2.53. The summed E-state index contributed by atoms with van der Waals surface area (Å²) in [5, 5.41) is 0. The number of rotatable bonds is 6. The molecular formula is C18H22N2S. The van der Waals surface area contributed by atoms with Crippen LogP contribution in [0.3, 0.4) is 0 Å². The fourth-order valence-electron chi connectivity index (χ4n) is 3.07. The molecule has 1 saturated carbocycles. The molecule has 0 amide bonds. The Labute approximate surface area is 131 Å². The van der Waals surface area contributed by atoms with Gasteiger partial charge in [0.05, 0.1) is 0 Å². The van der Waals surface area contributed by atoms with E-state index in [1.165, 1.54) is 22.4 Å². The van der Waals surface area contributed by atoms with Crippen LogP contribution in [0, 0.1) is 5.92 Å². The van der Waals surface area contributed by atoms with E-state index in [2.05, 4.69) is 66.9 Å². The van der Waals surface area contributed by atoms with Gasteiger partial charge in [-0.1, -0.05) is 49.4 Å². The van der Waals surface area contributed by atoms with Gasteiger partial charge < -0.3 is 0 Å². The topological polar surface area (TPSA) is 38.0 Å². The molecule has 0 aromatic heterocycles. The fourth-order valence-corrected chi connectivity index (χ4v) is 3.73. The van der Waals surface area contributed by atoms with Gasteiger partial charge in [0.2, 0.25) is 0 Å². The second-order valence-electron chi connectivity index (χ2n) is 5.56. The Bertz CT molecular complexity index is 568. The molecule has 110 valence electrons. The lowest BCUT2D eigenvalue weighted by Crippen LogP contribution is -2.29. The third-order valence-electron chi connectivity index (χ3n) is 4.23. The smallest absolute Gasteiger partial charge is 0.0494 e. The number of hydrazine groups is 1. The third kappa shape index (κ3) is 3.31. The van der Waals surface area contributed by atoms with Crippen LogP contribution in [0.15, 0.2) is 59.5 Å². The summed E-state index contributed by atoms with van der Waals surface area (Å²) in [6.07, 6.45) is 1.21. The Morgan fingerprint density at radius 3 is 2.48 bits per heavy atom. The van der Waals surface area contributed by atoms with Crippen molar-refractivity contribution in [2.45, 2.75) is 30.2 Å². The summed E-state index contributed by atoms with van der Waals surface area (Å²) in [7, 11) is 0. The molecule has 0 radical (unpaired) electrons. The maximum absolute atomic E-state index is 5.83. The number of nitrogens with one attached hydrogen (secondary N) is 1. The van der Waals surface area contributed by atoms with E-state index >= 15 is 0 Å². The molecule has 0 saturated heterocycles. The summed E-state index contributed by atoms with van der Waals surface area (Å²) in [5.41, 5.74) is 5.75. The minimum Gasteiger partial charge on any atom is -0.271 e. The van der Waals surface area contributed by atoms with Gasteiger partial charge >= 0.3 is 0 Å². The summed E-state index contributed by atoms with van der Waals surface area (Å²) >= 11 is 1.87. The van der Waals surface area contributed by atoms with Crippen LogP contribution in [0.25, 0.3) is 0 Å². The zero-order chi connectivity index (χ0) is 14.7. The van der Waals surface area contributed by atoms with Crippen molar-refractivity contribution in [3.63, 3.8) is 0 Å². The van der Waals surface area contributed by atoms with Crippen molar-refractivity contribution < 1.29 is 0 Å². The normalized spacial score (nSPS) is 22.0. The fraction of sp³-hybridized carbons (Fsp3) is 0.333. The first kappa shape index (κ1) is 14.6. The lowest BCUT2D eigenvalue weighted by Gasteiger charge is -2.17. The maximum Gasteiger partial charge on any atom is 0.0494 e. The molecule has 3 atom stereocenters. The average Bonchev–Trinajstić information content (AvgIpc) is 3.31. The summed E-state index contributed by atoms with van der Waals surface area (Å²) in [4.78, 5) is 1.33. The average molecular weight is 298 g/mol. The molecule has 2 nitrogen and oxygen atoms in total. The molecule has 1 fully saturated rings. The van der Waals surface area contributed by atoms with Gasteiger partial charge in [-0.15, -0.1) is 11.8 Å². The van der Waals surface area contributed by atoms with Crippen molar-refractivity contribution >= 4 is 11.8 Å². The lowest BCUT2D eigenvalue weighted by atomic mass is 9.99. The Morgan fingerprint density at radius 2 is 1.86 bits per heavy atom. The predicted octanol–water partition coefficient (Wildman–Crippen LogP) is 4.11. The number of hydrogen-bond acceptors (Lipinski definition) is 3. The zero-order valence-electron chi connectivity index (χ0n) is 12.3. The first-order chi connectivity index (χ1) is 10.3. The van der Waals surface area contributed by atoms with Crippen LogP contribution < -0.4 is 11.3 Å². The van der Waals surface area contributed by atoms with Crippen molar-refractivity contribution in [3.8, 4) is 0 Å². The maximum atomic E-state index is 5.83. The molecule has 3 N–H and O–H groups in total. The van der Waals surface area contributed by atoms with Gasteiger partial charge in [-0.2, -0.15) is 0 Å². The Balaban J connectivity index is 1.71. The van der Waals surface area contributed by atoms with Crippen LogP contribution in [0.2, 0.25) is 0 Å². The van der Waals surface area contributed by atoms with Crippen molar-refractivity contribution in [3.05, 3.63) is 65.7 Å². The van der Waals surface area contributed by atoms with Crippen molar-refractivity contribution in [2.75, 3.05) is 5.75 Å². The summed E-state index contributed by atoms with van der Waals surface area (Å²) < 4.78 is 0. The first-order valence-corrected chi connectivity index (χ1v) is 8.56. The van der Waals surface area contributed by atoms with E-state index in [0.29, 0.717) is 11.8 Å². The monoisotopic (exact) mass is 298 g/mol. The molecule has 1 aliphatic carbocycles. The van der Waals surface area contributed by atoms with Crippen molar-refractivity contribution in [2.24, 2.45) is 11.8 Å². The van der Waals surface area contributed by atoms with E-state index in [9.17, 15) is 0 Å². The second-order valence-corrected chi connectivity index (χ2v) is 6.90. The number of nitrogens with two attached hydrogens (primary N) is 1. The molecule has 2 aromatic carbocycles. The molecule has 0 bridgehead atoms. The van der Waals surface area contributed by atoms with E-state index in [-0.39, 0.29) is 6.04 Å². The molecule has 3 unspecified atom stereocenters. The van der Waals surface area contributed by atoms with E-state index < -0.39 is 0 Å². The predicted molar refractivity (Wildman–Crippen MR) is 90.2 cm³/mol. The second kappa shape index (κ2) is 6.65. The van der Waals surface area contributed by atoms with Gasteiger partial charge in [-0.05, 0) is 47.3 Å². The van der Waals surface area contributed by atoms with Crippen LogP contribution in [-0.4, -0.2) is 5.75 Å². The quantitative estimate of drug-likeness (QED) is 0.479. The van der Waals surface area contributed by atoms with E-state index in [1.54, 1.807) is 0 Å². The number of benzene rings is 2. The standard InChI is InChI=1S/C18H22N2S/c1-2-21-15-10-8-14(9-11-15)18(20-19)17-12-16(17)13-6-4-3-5-7-13/h3-11,16-18,20H,2,12,19H2,1H3.